The Morgan fingerprint density at radius 1 is 1.06 bits per heavy atom. The van der Waals surface area contributed by atoms with E-state index >= 15 is 0 Å². The van der Waals surface area contributed by atoms with Gasteiger partial charge < -0.3 is 10.7 Å². The van der Waals surface area contributed by atoms with Gasteiger partial charge in [0.05, 0.1) is 16.6 Å². The second-order valence-electron chi connectivity index (χ2n) is 3.81. The molecule has 3 N–H and O–H groups in total. The molecule has 0 saturated heterocycles. The monoisotopic (exact) mass is 227 g/mol. The number of hydrogen-bond acceptors (Lipinski definition) is 2. The van der Waals surface area contributed by atoms with Crippen LogP contribution in [0.1, 0.15) is 0 Å². The molecule has 0 amide bonds. The van der Waals surface area contributed by atoms with E-state index in [9.17, 15) is 4.39 Å². The number of aromatic nitrogens is 2. The fraction of sp³-hybridized carbons (Fsp3) is 0. The van der Waals surface area contributed by atoms with Crippen LogP contribution in [0.3, 0.4) is 0 Å². The van der Waals surface area contributed by atoms with Crippen molar-refractivity contribution in [2.45, 2.75) is 0 Å². The number of hydrogen-bond donors (Lipinski definition) is 2. The maximum absolute atomic E-state index is 13.7. The van der Waals surface area contributed by atoms with Crippen molar-refractivity contribution in [1.82, 2.24) is 9.97 Å². The number of benzene rings is 2. The van der Waals surface area contributed by atoms with E-state index in [-0.39, 0.29) is 5.82 Å². The Hall–Kier alpha value is -2.36. The highest BCUT2D eigenvalue weighted by Crippen LogP contribution is 2.27. The summed E-state index contributed by atoms with van der Waals surface area (Å²) in [7, 11) is 0. The number of fused-ring (bicyclic) bond motifs is 1. The van der Waals surface area contributed by atoms with Crippen LogP contribution in [0.25, 0.3) is 22.4 Å². The molecule has 0 fully saturated rings. The minimum atomic E-state index is -0.371. The fourth-order valence-corrected chi connectivity index (χ4v) is 1.86. The summed E-state index contributed by atoms with van der Waals surface area (Å²) in [5, 5.41) is 0. The van der Waals surface area contributed by atoms with Crippen LogP contribution in [0.15, 0.2) is 42.5 Å². The third-order valence-corrected chi connectivity index (χ3v) is 2.67. The van der Waals surface area contributed by atoms with E-state index < -0.39 is 0 Å². The van der Waals surface area contributed by atoms with Gasteiger partial charge in [-0.05, 0) is 24.3 Å². The molecule has 0 bridgehead atoms. The topological polar surface area (TPSA) is 54.7 Å². The van der Waals surface area contributed by atoms with Gasteiger partial charge in [0, 0.05) is 5.69 Å². The Kier molecular flexibility index (Phi) is 2.08. The zero-order valence-electron chi connectivity index (χ0n) is 8.94. The van der Waals surface area contributed by atoms with E-state index in [1.54, 1.807) is 12.1 Å². The summed E-state index contributed by atoms with van der Waals surface area (Å²) in [5.74, 6) is 0.0888. The van der Waals surface area contributed by atoms with Crippen LogP contribution in [0.5, 0.6) is 0 Å². The van der Waals surface area contributed by atoms with Gasteiger partial charge in [0.2, 0.25) is 0 Å². The van der Waals surface area contributed by atoms with E-state index in [1.807, 2.05) is 24.3 Å². The van der Waals surface area contributed by atoms with Crippen LogP contribution in [-0.2, 0) is 0 Å². The lowest BCUT2D eigenvalue weighted by Gasteiger charge is -2.02. The van der Waals surface area contributed by atoms with Gasteiger partial charge in [-0.3, -0.25) is 0 Å². The van der Waals surface area contributed by atoms with E-state index in [2.05, 4.69) is 9.97 Å². The zero-order chi connectivity index (χ0) is 11.8. The Bertz CT molecular complexity index is 635. The molecule has 0 aliphatic heterocycles. The summed E-state index contributed by atoms with van der Waals surface area (Å²) < 4.78 is 13.7. The Balaban J connectivity index is 2.27. The lowest BCUT2D eigenvalue weighted by atomic mass is 10.1. The number of anilines is 1. The number of nitrogen functional groups attached to an aromatic ring is 1. The quantitative estimate of drug-likeness (QED) is 0.628. The zero-order valence-corrected chi connectivity index (χ0v) is 8.94. The summed E-state index contributed by atoms with van der Waals surface area (Å²) in [4.78, 5) is 7.39. The number of imidazole rings is 1. The van der Waals surface area contributed by atoms with Crippen LogP contribution in [0.2, 0.25) is 0 Å². The molecule has 1 aromatic heterocycles. The van der Waals surface area contributed by atoms with Crippen molar-refractivity contribution in [2.24, 2.45) is 0 Å². The number of para-hydroxylation sites is 2. The molecule has 0 radical (unpaired) electrons. The highest BCUT2D eigenvalue weighted by atomic mass is 19.1. The second-order valence-corrected chi connectivity index (χ2v) is 3.81. The maximum atomic E-state index is 13.7. The standard InChI is InChI=1S/C13H10FN3/c14-8-4-3-5-9(15)12(8)13-16-10-6-1-2-7-11(10)17-13/h1-7H,15H2,(H,16,17). The number of nitrogens with zero attached hydrogens (tertiary/aromatic N) is 1. The third kappa shape index (κ3) is 1.54. The van der Waals surface area contributed by atoms with E-state index in [0.717, 1.165) is 11.0 Å². The Labute approximate surface area is 97.1 Å². The minimum absolute atomic E-state index is 0.323. The third-order valence-electron chi connectivity index (χ3n) is 2.67. The van der Waals surface area contributed by atoms with Crippen molar-refractivity contribution in [3.63, 3.8) is 0 Å². The summed E-state index contributed by atoms with van der Waals surface area (Å²) in [5.41, 5.74) is 8.14. The van der Waals surface area contributed by atoms with Crippen molar-refractivity contribution in [3.8, 4) is 11.4 Å². The van der Waals surface area contributed by atoms with Gasteiger partial charge in [-0.25, -0.2) is 9.37 Å². The first-order valence-corrected chi connectivity index (χ1v) is 5.25. The van der Waals surface area contributed by atoms with Gasteiger partial charge >= 0.3 is 0 Å². The van der Waals surface area contributed by atoms with Crippen molar-refractivity contribution >= 4 is 16.7 Å². The smallest absolute Gasteiger partial charge is 0.143 e. The predicted octanol–water partition coefficient (Wildman–Crippen LogP) is 2.95. The molecule has 17 heavy (non-hydrogen) atoms. The van der Waals surface area contributed by atoms with Crippen LogP contribution in [-0.4, -0.2) is 9.97 Å². The highest BCUT2D eigenvalue weighted by Gasteiger charge is 2.12. The molecule has 1 heterocycles. The number of nitrogens with one attached hydrogen (secondary N) is 1. The molecule has 0 aliphatic carbocycles. The summed E-state index contributed by atoms with van der Waals surface area (Å²) in [6.07, 6.45) is 0. The first-order valence-electron chi connectivity index (χ1n) is 5.25. The van der Waals surface area contributed by atoms with E-state index in [4.69, 9.17) is 5.73 Å². The van der Waals surface area contributed by atoms with Gasteiger partial charge in [0.25, 0.3) is 0 Å². The molecular weight excluding hydrogens is 217 g/mol. The van der Waals surface area contributed by atoms with Gasteiger partial charge in [-0.2, -0.15) is 0 Å². The number of H-pyrrole nitrogens is 1. The molecule has 3 aromatic rings. The normalized spacial score (nSPS) is 10.9. The molecule has 0 unspecified atom stereocenters. The van der Waals surface area contributed by atoms with Crippen molar-refractivity contribution in [3.05, 3.63) is 48.3 Å². The molecule has 0 aliphatic rings. The minimum Gasteiger partial charge on any atom is -0.398 e. The number of nitrogens with two attached hydrogens (primary N) is 1. The Morgan fingerprint density at radius 3 is 2.65 bits per heavy atom. The molecule has 84 valence electrons. The van der Waals surface area contributed by atoms with Gasteiger partial charge in [-0.15, -0.1) is 0 Å². The Morgan fingerprint density at radius 2 is 1.88 bits per heavy atom. The first kappa shape index (κ1) is 9.84. The highest BCUT2D eigenvalue weighted by molar-refractivity contribution is 5.82. The lowest BCUT2D eigenvalue weighted by molar-refractivity contribution is 0.631. The van der Waals surface area contributed by atoms with Gasteiger partial charge in [0.1, 0.15) is 11.6 Å². The molecule has 3 rings (SSSR count). The summed E-state index contributed by atoms with van der Waals surface area (Å²) in [6.45, 7) is 0. The van der Waals surface area contributed by atoms with Crippen LogP contribution in [0, 0.1) is 5.82 Å². The van der Waals surface area contributed by atoms with Crippen LogP contribution in [0.4, 0.5) is 10.1 Å². The number of halogens is 1. The summed E-state index contributed by atoms with van der Waals surface area (Å²) >= 11 is 0. The molecule has 0 saturated carbocycles. The largest absolute Gasteiger partial charge is 0.398 e. The average molecular weight is 227 g/mol. The lowest BCUT2D eigenvalue weighted by Crippen LogP contribution is -1.94. The molecule has 4 heteroatoms. The molecular formula is C13H10FN3. The van der Waals surface area contributed by atoms with Crippen molar-refractivity contribution in [2.75, 3.05) is 5.73 Å². The fourth-order valence-electron chi connectivity index (χ4n) is 1.86. The van der Waals surface area contributed by atoms with Crippen molar-refractivity contribution < 1.29 is 4.39 Å². The molecule has 0 spiro atoms. The molecule has 0 atom stereocenters. The predicted molar refractivity (Wildman–Crippen MR) is 65.9 cm³/mol. The van der Waals surface area contributed by atoms with Crippen LogP contribution < -0.4 is 5.73 Å². The van der Waals surface area contributed by atoms with E-state index in [0.29, 0.717) is 17.1 Å². The number of rotatable bonds is 1. The maximum Gasteiger partial charge on any atom is 0.143 e. The SMILES string of the molecule is Nc1cccc(F)c1-c1nc2ccccc2[nH]1. The molecule has 2 aromatic carbocycles. The van der Waals surface area contributed by atoms with Crippen molar-refractivity contribution in [1.29, 1.82) is 0 Å². The van der Waals surface area contributed by atoms with Gasteiger partial charge in [0.15, 0.2) is 0 Å². The number of aromatic amines is 1. The second kappa shape index (κ2) is 3.59. The van der Waals surface area contributed by atoms with Crippen LogP contribution >= 0.6 is 0 Å². The molecule has 3 nitrogen and oxygen atoms in total. The van der Waals surface area contributed by atoms with Gasteiger partial charge in [-0.1, -0.05) is 18.2 Å². The summed E-state index contributed by atoms with van der Waals surface area (Å²) in [6, 6.07) is 12.2. The average Bonchev–Trinajstić information content (AvgIpc) is 2.71. The first-order chi connectivity index (χ1) is 8.25. The van der Waals surface area contributed by atoms with E-state index in [1.165, 1.54) is 6.07 Å².